The van der Waals surface area contributed by atoms with Crippen molar-refractivity contribution in [2.24, 2.45) is 0 Å². The number of hydrogen-bond donors (Lipinski definition) is 1. The SMILES string of the molecule is CCSCC(C)NC(C)c1cc(C)oc1C. The van der Waals surface area contributed by atoms with Crippen molar-refractivity contribution in [2.75, 3.05) is 11.5 Å². The first kappa shape index (κ1) is 13.7. The lowest BCUT2D eigenvalue weighted by Gasteiger charge is -2.19. The summed E-state index contributed by atoms with van der Waals surface area (Å²) in [5, 5.41) is 3.60. The molecule has 16 heavy (non-hydrogen) atoms. The Morgan fingerprint density at radius 1 is 1.38 bits per heavy atom. The summed E-state index contributed by atoms with van der Waals surface area (Å²) in [6.07, 6.45) is 0. The van der Waals surface area contributed by atoms with Crippen LogP contribution in [-0.2, 0) is 0 Å². The molecule has 1 aromatic heterocycles. The fraction of sp³-hybridized carbons (Fsp3) is 0.692. The fourth-order valence-electron chi connectivity index (χ4n) is 1.94. The average Bonchev–Trinajstić information content (AvgIpc) is 2.54. The van der Waals surface area contributed by atoms with Crippen LogP contribution in [0.1, 0.15) is 43.9 Å². The van der Waals surface area contributed by atoms with Gasteiger partial charge in [0.05, 0.1) is 0 Å². The summed E-state index contributed by atoms with van der Waals surface area (Å²) in [5.41, 5.74) is 1.28. The standard InChI is InChI=1S/C13H23NOS/c1-6-16-8-9(2)14-11(4)13-7-10(3)15-12(13)5/h7,9,11,14H,6,8H2,1-5H3. The van der Waals surface area contributed by atoms with E-state index in [4.69, 9.17) is 4.42 Å². The van der Waals surface area contributed by atoms with Gasteiger partial charge in [-0.15, -0.1) is 0 Å². The Balaban J connectivity index is 2.51. The van der Waals surface area contributed by atoms with E-state index < -0.39 is 0 Å². The molecule has 0 saturated carbocycles. The molecule has 0 bridgehead atoms. The van der Waals surface area contributed by atoms with E-state index in [2.05, 4.69) is 32.2 Å². The van der Waals surface area contributed by atoms with Gasteiger partial charge in [-0.25, -0.2) is 0 Å². The minimum atomic E-state index is 0.366. The molecule has 0 aliphatic carbocycles. The van der Waals surface area contributed by atoms with E-state index in [0.717, 1.165) is 17.3 Å². The van der Waals surface area contributed by atoms with Crippen LogP contribution in [0.5, 0.6) is 0 Å². The van der Waals surface area contributed by atoms with Gasteiger partial charge < -0.3 is 9.73 Å². The maximum Gasteiger partial charge on any atom is 0.105 e. The molecule has 0 aliphatic heterocycles. The zero-order chi connectivity index (χ0) is 12.1. The van der Waals surface area contributed by atoms with Gasteiger partial charge in [0.15, 0.2) is 0 Å². The van der Waals surface area contributed by atoms with Gasteiger partial charge in [0.1, 0.15) is 11.5 Å². The topological polar surface area (TPSA) is 25.2 Å². The maximum absolute atomic E-state index is 5.55. The number of thioether (sulfide) groups is 1. The largest absolute Gasteiger partial charge is 0.466 e. The molecule has 0 fully saturated rings. The Labute approximate surface area is 103 Å². The first-order valence-corrected chi connectivity index (χ1v) is 7.10. The van der Waals surface area contributed by atoms with Crippen LogP contribution in [0, 0.1) is 13.8 Å². The van der Waals surface area contributed by atoms with Crippen LogP contribution in [-0.4, -0.2) is 17.5 Å². The van der Waals surface area contributed by atoms with Crippen LogP contribution in [0.4, 0.5) is 0 Å². The molecule has 92 valence electrons. The Morgan fingerprint density at radius 2 is 2.06 bits per heavy atom. The minimum Gasteiger partial charge on any atom is -0.466 e. The summed E-state index contributed by atoms with van der Waals surface area (Å²) in [6, 6.07) is 3.03. The summed E-state index contributed by atoms with van der Waals surface area (Å²) < 4.78 is 5.55. The molecule has 0 radical (unpaired) electrons. The summed E-state index contributed by atoms with van der Waals surface area (Å²) >= 11 is 1.98. The second-order valence-corrected chi connectivity index (χ2v) is 5.64. The third-order valence-corrected chi connectivity index (χ3v) is 3.80. The summed E-state index contributed by atoms with van der Waals surface area (Å²) in [7, 11) is 0. The zero-order valence-corrected chi connectivity index (χ0v) is 11.8. The molecular formula is C13H23NOS. The van der Waals surface area contributed by atoms with Gasteiger partial charge in [0.2, 0.25) is 0 Å². The second-order valence-electron chi connectivity index (χ2n) is 4.32. The van der Waals surface area contributed by atoms with E-state index in [1.54, 1.807) is 0 Å². The highest BCUT2D eigenvalue weighted by Crippen LogP contribution is 2.21. The van der Waals surface area contributed by atoms with E-state index in [1.807, 2.05) is 25.6 Å². The fourth-order valence-corrected chi connectivity index (χ4v) is 2.63. The Morgan fingerprint density at radius 3 is 2.56 bits per heavy atom. The van der Waals surface area contributed by atoms with Gasteiger partial charge in [-0.3, -0.25) is 0 Å². The molecule has 0 aromatic carbocycles. The first-order valence-electron chi connectivity index (χ1n) is 5.95. The maximum atomic E-state index is 5.55. The Bertz CT molecular complexity index is 322. The molecule has 1 N–H and O–H groups in total. The van der Waals surface area contributed by atoms with Crippen LogP contribution in [0.3, 0.4) is 0 Å². The van der Waals surface area contributed by atoms with Gasteiger partial charge in [-0.05, 0) is 39.5 Å². The zero-order valence-electron chi connectivity index (χ0n) is 11.0. The van der Waals surface area contributed by atoms with Gasteiger partial charge in [0, 0.05) is 23.4 Å². The van der Waals surface area contributed by atoms with E-state index in [9.17, 15) is 0 Å². The van der Waals surface area contributed by atoms with Crippen molar-refractivity contribution >= 4 is 11.8 Å². The van der Waals surface area contributed by atoms with Crippen LogP contribution in [0.15, 0.2) is 10.5 Å². The quantitative estimate of drug-likeness (QED) is 0.822. The number of nitrogens with one attached hydrogen (secondary N) is 1. The molecule has 2 nitrogen and oxygen atoms in total. The highest BCUT2D eigenvalue weighted by Gasteiger charge is 2.14. The van der Waals surface area contributed by atoms with Crippen molar-refractivity contribution in [2.45, 2.75) is 46.7 Å². The van der Waals surface area contributed by atoms with E-state index in [1.165, 1.54) is 11.3 Å². The third-order valence-electron chi connectivity index (χ3n) is 2.65. The Kier molecular flexibility index (Phi) is 5.42. The van der Waals surface area contributed by atoms with E-state index >= 15 is 0 Å². The highest BCUT2D eigenvalue weighted by molar-refractivity contribution is 7.99. The van der Waals surface area contributed by atoms with Crippen molar-refractivity contribution in [3.8, 4) is 0 Å². The lowest BCUT2D eigenvalue weighted by molar-refractivity contribution is 0.476. The number of rotatable bonds is 6. The number of furan rings is 1. The first-order chi connectivity index (χ1) is 7.54. The molecule has 0 aliphatic rings. The molecule has 0 amide bonds. The minimum absolute atomic E-state index is 0.366. The van der Waals surface area contributed by atoms with E-state index in [0.29, 0.717) is 12.1 Å². The molecule has 3 heteroatoms. The van der Waals surface area contributed by atoms with Crippen LogP contribution >= 0.6 is 11.8 Å². The van der Waals surface area contributed by atoms with Crippen molar-refractivity contribution in [3.05, 3.63) is 23.2 Å². The molecule has 1 aromatic rings. The van der Waals surface area contributed by atoms with Gasteiger partial charge >= 0.3 is 0 Å². The van der Waals surface area contributed by atoms with Crippen LogP contribution in [0.25, 0.3) is 0 Å². The highest BCUT2D eigenvalue weighted by atomic mass is 32.2. The molecule has 1 heterocycles. The molecular weight excluding hydrogens is 218 g/mol. The lowest BCUT2D eigenvalue weighted by atomic mass is 10.1. The van der Waals surface area contributed by atoms with Crippen molar-refractivity contribution in [3.63, 3.8) is 0 Å². The van der Waals surface area contributed by atoms with Crippen LogP contribution in [0.2, 0.25) is 0 Å². The molecule has 0 spiro atoms. The van der Waals surface area contributed by atoms with Crippen molar-refractivity contribution in [1.82, 2.24) is 5.32 Å². The van der Waals surface area contributed by atoms with Gasteiger partial charge in [0.25, 0.3) is 0 Å². The predicted molar refractivity (Wildman–Crippen MR) is 72.2 cm³/mol. The molecule has 1 rings (SSSR count). The Hall–Kier alpha value is -0.410. The summed E-state index contributed by atoms with van der Waals surface area (Å²) in [5.74, 6) is 4.38. The smallest absolute Gasteiger partial charge is 0.105 e. The second kappa shape index (κ2) is 6.36. The molecule has 2 atom stereocenters. The van der Waals surface area contributed by atoms with Gasteiger partial charge in [-0.1, -0.05) is 6.92 Å². The van der Waals surface area contributed by atoms with Crippen LogP contribution < -0.4 is 5.32 Å². The monoisotopic (exact) mass is 241 g/mol. The lowest BCUT2D eigenvalue weighted by Crippen LogP contribution is -2.31. The van der Waals surface area contributed by atoms with Crippen molar-refractivity contribution < 1.29 is 4.42 Å². The van der Waals surface area contributed by atoms with Gasteiger partial charge in [-0.2, -0.15) is 11.8 Å². The summed E-state index contributed by atoms with van der Waals surface area (Å²) in [6.45, 7) is 10.7. The molecule has 2 unspecified atom stereocenters. The number of aryl methyl sites for hydroxylation is 2. The predicted octanol–water partition coefficient (Wildman–Crippen LogP) is 3.69. The third kappa shape index (κ3) is 3.87. The van der Waals surface area contributed by atoms with Crippen molar-refractivity contribution in [1.29, 1.82) is 0 Å². The normalized spacial score (nSPS) is 15.1. The summed E-state index contributed by atoms with van der Waals surface area (Å²) in [4.78, 5) is 0. The average molecular weight is 241 g/mol. The molecule has 0 saturated heterocycles. The number of hydrogen-bond acceptors (Lipinski definition) is 3. The van der Waals surface area contributed by atoms with E-state index in [-0.39, 0.29) is 0 Å².